The maximum atomic E-state index is 13.2. The molecule has 3 rings (SSSR count). The number of benzene rings is 2. The van der Waals surface area contributed by atoms with E-state index in [1.807, 2.05) is 18.2 Å². The van der Waals surface area contributed by atoms with E-state index in [2.05, 4.69) is 6.07 Å². The molecule has 1 atom stereocenters. The molecule has 0 radical (unpaired) electrons. The Kier molecular flexibility index (Phi) is 3.93. The summed E-state index contributed by atoms with van der Waals surface area (Å²) in [4.78, 5) is 0. The Balaban J connectivity index is 2.05. The van der Waals surface area contributed by atoms with Crippen LogP contribution in [-0.4, -0.2) is 0 Å². The summed E-state index contributed by atoms with van der Waals surface area (Å²) >= 11 is 0. The minimum absolute atomic E-state index is 0.297. The van der Waals surface area contributed by atoms with Gasteiger partial charge in [-0.25, -0.2) is 4.39 Å². The highest BCUT2D eigenvalue weighted by molar-refractivity contribution is 5.43. The Bertz CT molecular complexity index is 721. The highest BCUT2D eigenvalue weighted by atomic mass is 19.1. The van der Waals surface area contributed by atoms with E-state index in [0.717, 1.165) is 16.7 Å². The van der Waals surface area contributed by atoms with Crippen LogP contribution < -0.4 is 5.73 Å². The molecule has 0 saturated heterocycles. The fraction of sp³-hybridized carbons (Fsp3) is 0.278. The summed E-state index contributed by atoms with van der Waals surface area (Å²) in [6.07, 6.45) is 0.816. The lowest BCUT2D eigenvalue weighted by Crippen LogP contribution is -2.38. The Morgan fingerprint density at radius 3 is 2.50 bits per heavy atom. The van der Waals surface area contributed by atoms with Crippen molar-refractivity contribution in [1.29, 1.82) is 5.26 Å². The van der Waals surface area contributed by atoms with Crippen molar-refractivity contribution in [3.8, 4) is 6.07 Å². The van der Waals surface area contributed by atoms with E-state index >= 15 is 0 Å². The van der Waals surface area contributed by atoms with Crippen LogP contribution in [0.25, 0.3) is 0 Å². The quantitative estimate of drug-likeness (QED) is 0.941. The lowest BCUT2D eigenvalue weighted by atomic mass is 9.79. The number of hydrogen-bond acceptors (Lipinski definition) is 3. The zero-order chi connectivity index (χ0) is 15.6. The maximum absolute atomic E-state index is 13.2. The third-order valence-corrected chi connectivity index (χ3v) is 4.23. The number of fused-ring (bicyclic) bond motifs is 1. The van der Waals surface area contributed by atoms with Crippen molar-refractivity contribution in [3.63, 3.8) is 0 Å². The largest absolute Gasteiger partial charge is 0.372 e. The molecule has 2 aromatic rings. The molecule has 0 fully saturated rings. The molecule has 22 heavy (non-hydrogen) atoms. The molecule has 112 valence electrons. The predicted molar refractivity (Wildman–Crippen MR) is 81.1 cm³/mol. The Morgan fingerprint density at radius 1 is 1.09 bits per heavy atom. The van der Waals surface area contributed by atoms with Gasteiger partial charge < -0.3 is 10.5 Å². The van der Waals surface area contributed by atoms with Gasteiger partial charge in [0.05, 0.1) is 24.8 Å². The van der Waals surface area contributed by atoms with Crippen LogP contribution in [0.15, 0.2) is 42.5 Å². The smallest absolute Gasteiger partial charge is 0.123 e. The number of nitrogens with two attached hydrogens (primary N) is 1. The summed E-state index contributed by atoms with van der Waals surface area (Å²) in [5.41, 5.74) is 9.89. The maximum Gasteiger partial charge on any atom is 0.123 e. The Morgan fingerprint density at radius 2 is 1.77 bits per heavy atom. The van der Waals surface area contributed by atoms with Crippen molar-refractivity contribution in [2.75, 3.05) is 0 Å². The molecule has 0 aliphatic carbocycles. The van der Waals surface area contributed by atoms with Crippen LogP contribution in [0.4, 0.5) is 4.39 Å². The van der Waals surface area contributed by atoms with Gasteiger partial charge in [0.25, 0.3) is 0 Å². The van der Waals surface area contributed by atoms with E-state index in [4.69, 9.17) is 15.7 Å². The SMILES string of the molecule is N#CCCC(N)(c1ccc(F)cc1)c1ccc2c(c1)COC2. The van der Waals surface area contributed by atoms with Crippen LogP contribution in [0.2, 0.25) is 0 Å². The van der Waals surface area contributed by atoms with Crippen LogP contribution in [0.3, 0.4) is 0 Å². The number of nitriles is 1. The molecule has 1 heterocycles. The fourth-order valence-electron chi connectivity index (χ4n) is 2.91. The second-order valence-electron chi connectivity index (χ2n) is 5.61. The zero-order valence-electron chi connectivity index (χ0n) is 12.2. The summed E-state index contributed by atoms with van der Waals surface area (Å²) in [6.45, 7) is 1.21. The first-order valence-corrected chi connectivity index (χ1v) is 7.25. The summed E-state index contributed by atoms with van der Waals surface area (Å²) in [7, 11) is 0. The Hall–Kier alpha value is -2.22. The molecule has 0 amide bonds. The van der Waals surface area contributed by atoms with Gasteiger partial charge in [-0.05, 0) is 40.8 Å². The molecule has 0 bridgehead atoms. The zero-order valence-corrected chi connectivity index (χ0v) is 12.2. The van der Waals surface area contributed by atoms with Gasteiger partial charge in [0.15, 0.2) is 0 Å². The van der Waals surface area contributed by atoms with Gasteiger partial charge in [0.2, 0.25) is 0 Å². The van der Waals surface area contributed by atoms with Crippen LogP contribution in [0.5, 0.6) is 0 Å². The molecule has 0 saturated carbocycles. The van der Waals surface area contributed by atoms with E-state index in [1.54, 1.807) is 12.1 Å². The van der Waals surface area contributed by atoms with Crippen molar-refractivity contribution < 1.29 is 9.13 Å². The first-order valence-electron chi connectivity index (χ1n) is 7.25. The second-order valence-corrected chi connectivity index (χ2v) is 5.61. The minimum atomic E-state index is -0.805. The molecule has 0 spiro atoms. The Labute approximate surface area is 129 Å². The number of halogens is 1. The molecule has 2 N–H and O–H groups in total. The van der Waals surface area contributed by atoms with Gasteiger partial charge in [-0.15, -0.1) is 0 Å². The van der Waals surface area contributed by atoms with Gasteiger partial charge in [0, 0.05) is 6.42 Å². The molecule has 4 heteroatoms. The van der Waals surface area contributed by atoms with Crippen molar-refractivity contribution >= 4 is 0 Å². The van der Waals surface area contributed by atoms with E-state index in [-0.39, 0.29) is 5.82 Å². The first kappa shape index (κ1) is 14.7. The third-order valence-electron chi connectivity index (χ3n) is 4.23. The molecule has 1 aliphatic heterocycles. The molecule has 1 unspecified atom stereocenters. The van der Waals surface area contributed by atoms with Crippen molar-refractivity contribution in [1.82, 2.24) is 0 Å². The summed E-state index contributed by atoms with van der Waals surface area (Å²) < 4.78 is 18.6. The standard InChI is InChI=1S/C18H17FN2O/c19-17-6-4-15(5-7-17)18(21,8-1-9-20)16-3-2-13-11-22-12-14(13)10-16/h2-7,10H,1,8,11-12,21H2. The topological polar surface area (TPSA) is 59.0 Å². The molecule has 3 nitrogen and oxygen atoms in total. The number of hydrogen-bond donors (Lipinski definition) is 1. The van der Waals surface area contributed by atoms with Crippen molar-refractivity contribution in [3.05, 3.63) is 70.5 Å². The first-order chi connectivity index (χ1) is 10.6. The van der Waals surface area contributed by atoms with Crippen LogP contribution >= 0.6 is 0 Å². The molecular weight excluding hydrogens is 279 g/mol. The number of rotatable bonds is 4. The minimum Gasteiger partial charge on any atom is -0.372 e. The van der Waals surface area contributed by atoms with Gasteiger partial charge >= 0.3 is 0 Å². The average Bonchev–Trinajstić information content (AvgIpc) is 3.00. The van der Waals surface area contributed by atoms with E-state index in [9.17, 15) is 4.39 Å². The second kappa shape index (κ2) is 5.88. The summed E-state index contributed by atoms with van der Waals surface area (Å²) in [6, 6.07) is 14.4. The monoisotopic (exact) mass is 296 g/mol. The number of nitrogens with zero attached hydrogens (tertiary/aromatic N) is 1. The average molecular weight is 296 g/mol. The lowest BCUT2D eigenvalue weighted by Gasteiger charge is -2.30. The third kappa shape index (κ3) is 2.61. The highest BCUT2D eigenvalue weighted by Crippen LogP contribution is 2.34. The normalized spacial score (nSPS) is 15.9. The molecule has 2 aromatic carbocycles. The van der Waals surface area contributed by atoms with Crippen LogP contribution in [0, 0.1) is 17.1 Å². The van der Waals surface area contributed by atoms with Crippen molar-refractivity contribution in [2.24, 2.45) is 5.73 Å². The van der Waals surface area contributed by atoms with Gasteiger partial charge in [-0.2, -0.15) is 5.26 Å². The predicted octanol–water partition coefficient (Wildman–Crippen LogP) is 3.36. The molecular formula is C18H17FN2O. The van der Waals surface area contributed by atoms with E-state index in [1.165, 1.54) is 17.7 Å². The summed E-state index contributed by atoms with van der Waals surface area (Å²) in [5.74, 6) is -0.297. The number of ether oxygens (including phenoxy) is 1. The summed E-state index contributed by atoms with van der Waals surface area (Å²) in [5, 5.41) is 8.94. The van der Waals surface area contributed by atoms with Crippen molar-refractivity contribution in [2.45, 2.75) is 31.6 Å². The van der Waals surface area contributed by atoms with Gasteiger partial charge in [-0.3, -0.25) is 0 Å². The molecule has 0 aromatic heterocycles. The van der Waals surface area contributed by atoms with E-state index < -0.39 is 5.54 Å². The fourth-order valence-corrected chi connectivity index (χ4v) is 2.91. The van der Waals surface area contributed by atoms with Gasteiger partial charge in [0.1, 0.15) is 5.82 Å². The highest BCUT2D eigenvalue weighted by Gasteiger charge is 2.30. The lowest BCUT2D eigenvalue weighted by molar-refractivity contribution is 0.134. The van der Waals surface area contributed by atoms with Gasteiger partial charge in [-0.1, -0.05) is 30.3 Å². The van der Waals surface area contributed by atoms with Crippen LogP contribution in [0.1, 0.15) is 35.1 Å². The molecule has 1 aliphatic rings. The van der Waals surface area contributed by atoms with Crippen LogP contribution in [-0.2, 0) is 23.5 Å². The van der Waals surface area contributed by atoms with E-state index in [0.29, 0.717) is 26.1 Å².